The lowest BCUT2D eigenvalue weighted by molar-refractivity contribution is 0.234. The highest BCUT2D eigenvalue weighted by Crippen LogP contribution is 2.25. The number of likely N-dealkylation sites (tertiary alicyclic amines) is 1. The summed E-state index contributed by atoms with van der Waals surface area (Å²) < 4.78 is 53.2. The van der Waals surface area contributed by atoms with Crippen molar-refractivity contribution >= 4 is 19.7 Å². The van der Waals surface area contributed by atoms with Gasteiger partial charge >= 0.3 is 0 Å². The molecule has 1 fully saturated rings. The van der Waals surface area contributed by atoms with Gasteiger partial charge in [-0.25, -0.2) is 16.8 Å². The van der Waals surface area contributed by atoms with Gasteiger partial charge in [-0.05, 0) is 68.1 Å². The summed E-state index contributed by atoms with van der Waals surface area (Å²) in [6.45, 7) is 4.64. The van der Waals surface area contributed by atoms with Crippen LogP contribution in [0.4, 0.5) is 0 Å². The Balaban J connectivity index is 1.46. The zero-order valence-electron chi connectivity index (χ0n) is 19.7. The molecule has 0 aliphatic carbocycles. The molecule has 0 radical (unpaired) electrons. The van der Waals surface area contributed by atoms with E-state index in [2.05, 4.69) is 24.0 Å². The van der Waals surface area contributed by atoms with Gasteiger partial charge in [-0.15, -0.1) is 0 Å². The Labute approximate surface area is 203 Å². The molecule has 1 heterocycles. The minimum Gasteiger partial charge on any atom is -0.493 e. The fraction of sp³-hybridized carbons (Fsp3) is 0.480. The van der Waals surface area contributed by atoms with Crippen molar-refractivity contribution in [2.24, 2.45) is 5.92 Å². The summed E-state index contributed by atoms with van der Waals surface area (Å²) in [6, 6.07) is 16.7. The van der Waals surface area contributed by atoms with Gasteiger partial charge in [0.15, 0.2) is 9.84 Å². The molecule has 0 unspecified atom stereocenters. The lowest BCUT2D eigenvalue weighted by atomic mass is 10.1. The van der Waals surface area contributed by atoms with Crippen molar-refractivity contribution in [1.29, 1.82) is 5.26 Å². The van der Waals surface area contributed by atoms with E-state index in [-0.39, 0.29) is 22.8 Å². The van der Waals surface area contributed by atoms with Crippen LogP contribution in [0.5, 0.6) is 5.75 Å². The lowest BCUT2D eigenvalue weighted by Gasteiger charge is -2.21. The van der Waals surface area contributed by atoms with E-state index in [4.69, 9.17) is 10.00 Å². The first-order valence-corrected chi connectivity index (χ1v) is 15.1. The number of rotatable bonds is 11. The third-order valence-corrected chi connectivity index (χ3v) is 8.98. The summed E-state index contributed by atoms with van der Waals surface area (Å²) in [5, 5.41) is 9.06. The first-order valence-electron chi connectivity index (χ1n) is 11.4. The standard InChI is InChI=1S/C25H32N2O5S2/c1-20-15-23(18-27(20)12-11-21-5-3-6-22(16-21)17-26)19-32-24-7-9-25(10-8-24)34(30,31)14-4-13-33(2,28)29/h3,5-10,16,20,23H,4,11-15,18-19H2,1-2H3/t20-,23+/m1/s1. The Hall–Kier alpha value is -2.41. The minimum atomic E-state index is -3.52. The molecule has 0 N–H and O–H groups in total. The van der Waals surface area contributed by atoms with E-state index in [9.17, 15) is 16.8 Å². The summed E-state index contributed by atoms with van der Waals surface area (Å²) in [4.78, 5) is 2.62. The van der Waals surface area contributed by atoms with Crippen molar-refractivity contribution in [1.82, 2.24) is 4.90 Å². The van der Waals surface area contributed by atoms with E-state index in [0.717, 1.165) is 37.8 Å². The van der Waals surface area contributed by atoms with Gasteiger partial charge in [0.1, 0.15) is 15.6 Å². The second-order valence-corrected chi connectivity index (χ2v) is 13.5. The van der Waals surface area contributed by atoms with Crippen molar-refractivity contribution < 1.29 is 21.6 Å². The van der Waals surface area contributed by atoms with E-state index in [1.807, 2.05) is 18.2 Å². The van der Waals surface area contributed by atoms with Crippen molar-refractivity contribution in [3.8, 4) is 11.8 Å². The molecule has 2 aromatic carbocycles. The lowest BCUT2D eigenvalue weighted by Crippen LogP contribution is -2.29. The molecule has 0 spiro atoms. The largest absolute Gasteiger partial charge is 0.493 e. The Morgan fingerprint density at radius 1 is 1.09 bits per heavy atom. The predicted octanol–water partition coefficient (Wildman–Crippen LogP) is 3.10. The molecule has 7 nitrogen and oxygen atoms in total. The predicted molar refractivity (Wildman–Crippen MR) is 132 cm³/mol. The van der Waals surface area contributed by atoms with Crippen LogP contribution in [0.2, 0.25) is 0 Å². The summed E-state index contributed by atoms with van der Waals surface area (Å²) >= 11 is 0. The summed E-state index contributed by atoms with van der Waals surface area (Å²) in [5.41, 5.74) is 1.85. The average Bonchev–Trinajstić information content (AvgIpc) is 3.15. The zero-order chi connectivity index (χ0) is 24.8. The molecule has 2 aromatic rings. The molecule has 0 bridgehead atoms. The molecule has 1 aliphatic heterocycles. The van der Waals surface area contributed by atoms with Gasteiger partial charge in [-0.1, -0.05) is 12.1 Å². The Morgan fingerprint density at radius 3 is 2.50 bits per heavy atom. The van der Waals surface area contributed by atoms with Crippen molar-refractivity contribution in [2.45, 2.75) is 37.1 Å². The number of sulfone groups is 2. The summed E-state index contributed by atoms with van der Waals surface area (Å²) in [7, 11) is -6.70. The number of nitrogens with zero attached hydrogens (tertiary/aromatic N) is 2. The number of ether oxygens (including phenoxy) is 1. The van der Waals surface area contributed by atoms with Crippen LogP contribution in [0.1, 0.15) is 30.9 Å². The molecule has 0 saturated carbocycles. The molecule has 0 amide bonds. The molecular formula is C25H32N2O5S2. The van der Waals surface area contributed by atoms with E-state index in [0.29, 0.717) is 29.9 Å². The van der Waals surface area contributed by atoms with E-state index in [1.54, 1.807) is 12.1 Å². The van der Waals surface area contributed by atoms with Crippen LogP contribution in [-0.2, 0) is 26.1 Å². The quantitative estimate of drug-likeness (QED) is 0.463. The van der Waals surface area contributed by atoms with Crippen LogP contribution in [0.15, 0.2) is 53.4 Å². The van der Waals surface area contributed by atoms with Crippen LogP contribution in [0.3, 0.4) is 0 Å². The van der Waals surface area contributed by atoms with Crippen molar-refractivity contribution in [2.75, 3.05) is 37.5 Å². The number of hydrogen-bond donors (Lipinski definition) is 0. The highest BCUT2D eigenvalue weighted by Gasteiger charge is 2.29. The Kier molecular flexibility index (Phi) is 8.74. The highest BCUT2D eigenvalue weighted by atomic mass is 32.2. The zero-order valence-corrected chi connectivity index (χ0v) is 21.3. The van der Waals surface area contributed by atoms with Crippen molar-refractivity contribution in [3.63, 3.8) is 0 Å². The van der Waals surface area contributed by atoms with Crippen LogP contribution in [0, 0.1) is 17.2 Å². The summed E-state index contributed by atoms with van der Waals surface area (Å²) in [5.74, 6) is 0.669. The third-order valence-electron chi connectivity index (χ3n) is 6.13. The molecular weight excluding hydrogens is 472 g/mol. The highest BCUT2D eigenvalue weighted by molar-refractivity contribution is 7.92. The van der Waals surface area contributed by atoms with E-state index in [1.165, 1.54) is 12.1 Å². The number of hydrogen-bond acceptors (Lipinski definition) is 7. The molecule has 9 heteroatoms. The van der Waals surface area contributed by atoms with Gasteiger partial charge in [0.2, 0.25) is 0 Å². The summed E-state index contributed by atoms with van der Waals surface area (Å²) in [6.07, 6.45) is 3.11. The molecule has 3 rings (SSSR count). The maximum Gasteiger partial charge on any atom is 0.178 e. The fourth-order valence-electron chi connectivity index (χ4n) is 4.31. The van der Waals surface area contributed by atoms with E-state index >= 15 is 0 Å². The maximum atomic E-state index is 12.4. The van der Waals surface area contributed by atoms with Crippen LogP contribution >= 0.6 is 0 Å². The molecule has 1 aliphatic rings. The van der Waals surface area contributed by atoms with Gasteiger partial charge in [-0.2, -0.15) is 5.26 Å². The number of nitriles is 1. The second-order valence-electron chi connectivity index (χ2n) is 9.09. The molecule has 184 valence electrons. The molecule has 0 aromatic heterocycles. The van der Waals surface area contributed by atoms with Gasteiger partial charge in [-0.3, -0.25) is 4.90 Å². The van der Waals surface area contributed by atoms with Gasteiger partial charge in [0, 0.05) is 31.3 Å². The second kappa shape index (κ2) is 11.3. The first-order chi connectivity index (χ1) is 16.1. The smallest absolute Gasteiger partial charge is 0.178 e. The topological polar surface area (TPSA) is 105 Å². The van der Waals surface area contributed by atoms with Gasteiger partial charge < -0.3 is 4.74 Å². The SMILES string of the molecule is C[C@@H]1C[C@H](COc2ccc(S(=O)(=O)CCCS(C)(=O)=O)cc2)CN1CCc1cccc(C#N)c1. The fourth-order valence-corrected chi connectivity index (χ4v) is 6.47. The van der Waals surface area contributed by atoms with Gasteiger partial charge in [0.25, 0.3) is 0 Å². The normalized spacial score (nSPS) is 19.1. The average molecular weight is 505 g/mol. The van der Waals surface area contributed by atoms with Gasteiger partial charge in [0.05, 0.1) is 34.6 Å². The molecule has 2 atom stereocenters. The minimum absolute atomic E-state index is 0.0829. The first kappa shape index (κ1) is 26.2. The molecule has 34 heavy (non-hydrogen) atoms. The Bertz CT molecular complexity index is 1220. The monoisotopic (exact) mass is 504 g/mol. The number of benzene rings is 2. The Morgan fingerprint density at radius 2 is 1.82 bits per heavy atom. The van der Waals surface area contributed by atoms with Crippen LogP contribution in [-0.4, -0.2) is 65.2 Å². The van der Waals surface area contributed by atoms with E-state index < -0.39 is 19.7 Å². The maximum absolute atomic E-state index is 12.4. The van der Waals surface area contributed by atoms with Crippen LogP contribution < -0.4 is 4.74 Å². The van der Waals surface area contributed by atoms with Crippen LogP contribution in [0.25, 0.3) is 0 Å². The third kappa shape index (κ3) is 7.83. The van der Waals surface area contributed by atoms with Crippen molar-refractivity contribution in [3.05, 3.63) is 59.7 Å². The molecule has 1 saturated heterocycles.